The molecule has 0 spiro atoms. The van der Waals surface area contributed by atoms with Gasteiger partial charge in [0.1, 0.15) is 11.4 Å². The van der Waals surface area contributed by atoms with E-state index in [0.29, 0.717) is 25.0 Å². The fourth-order valence-electron chi connectivity index (χ4n) is 4.84. The number of carbonyl (C=O) groups is 2. The Morgan fingerprint density at radius 2 is 2.03 bits per heavy atom. The van der Waals surface area contributed by atoms with Gasteiger partial charge < -0.3 is 20.5 Å². The Bertz CT molecular complexity index is 1150. The van der Waals surface area contributed by atoms with Gasteiger partial charge >= 0.3 is 0 Å². The highest BCUT2D eigenvalue weighted by Gasteiger charge is 2.39. The molecule has 2 atom stereocenters. The lowest BCUT2D eigenvalue weighted by molar-refractivity contribution is -0.130. The lowest BCUT2D eigenvalue weighted by Gasteiger charge is -2.38. The molecule has 0 bridgehead atoms. The second kappa shape index (κ2) is 9.70. The van der Waals surface area contributed by atoms with Gasteiger partial charge in [0.25, 0.3) is 5.91 Å². The number of para-hydroxylation sites is 1. The number of rotatable bonds is 7. The highest BCUT2D eigenvalue weighted by molar-refractivity contribution is 5.99. The molecule has 3 N–H and O–H groups in total. The largest absolute Gasteiger partial charge is 0.487 e. The van der Waals surface area contributed by atoms with Crippen molar-refractivity contribution in [2.24, 2.45) is 10.7 Å². The van der Waals surface area contributed by atoms with Crippen LogP contribution in [0.15, 0.2) is 53.5 Å². The highest BCUT2D eigenvalue weighted by Crippen LogP contribution is 2.39. The minimum atomic E-state index is -0.623. The molecule has 2 aromatic rings. The summed E-state index contributed by atoms with van der Waals surface area (Å²) in [6.45, 7) is 6.59. The van der Waals surface area contributed by atoms with Crippen LogP contribution in [0.2, 0.25) is 0 Å². The predicted octanol–water partition coefficient (Wildman–Crippen LogP) is 3.56. The van der Waals surface area contributed by atoms with Gasteiger partial charge in [0.05, 0.1) is 31.2 Å². The summed E-state index contributed by atoms with van der Waals surface area (Å²) >= 11 is 0. The number of guanidine groups is 1. The van der Waals surface area contributed by atoms with Gasteiger partial charge in [0.15, 0.2) is 5.96 Å². The summed E-state index contributed by atoms with van der Waals surface area (Å²) in [6.07, 6.45) is 1.55. The maximum Gasteiger partial charge on any atom is 0.251 e. The van der Waals surface area contributed by atoms with Crippen molar-refractivity contribution in [3.63, 3.8) is 0 Å². The number of aliphatic imine (C=N–C) groups is 1. The Morgan fingerprint density at radius 3 is 2.74 bits per heavy atom. The number of nitrogens with zero attached hydrogens (tertiary/aromatic N) is 2. The summed E-state index contributed by atoms with van der Waals surface area (Å²) in [5.41, 5.74) is 7.47. The van der Waals surface area contributed by atoms with Gasteiger partial charge in [-0.15, -0.1) is 0 Å². The fraction of sp³-hybridized carbons (Fsp3) is 0.444. The van der Waals surface area contributed by atoms with Crippen LogP contribution in [0.25, 0.3) is 0 Å². The number of amides is 2. The topological polar surface area (TPSA) is 106 Å². The van der Waals surface area contributed by atoms with Crippen LogP contribution in [0.4, 0.5) is 0 Å². The molecule has 35 heavy (non-hydrogen) atoms. The van der Waals surface area contributed by atoms with Gasteiger partial charge in [0, 0.05) is 24.7 Å². The SMILES string of the molecule is CCC1(COC)CC(=O)N(Cc2cccc(C(=O)N[C@H]3CC(C)(C)Oc4ccccc43)c2)C(N)=N1. The van der Waals surface area contributed by atoms with E-state index in [-0.39, 0.29) is 36.8 Å². The zero-order valence-corrected chi connectivity index (χ0v) is 20.8. The summed E-state index contributed by atoms with van der Waals surface area (Å²) in [6, 6.07) is 14.9. The maximum absolute atomic E-state index is 13.2. The maximum atomic E-state index is 13.2. The molecule has 0 saturated carbocycles. The molecule has 8 heteroatoms. The number of hydrogen-bond acceptors (Lipinski definition) is 6. The molecule has 1 unspecified atom stereocenters. The van der Waals surface area contributed by atoms with E-state index in [1.165, 1.54) is 4.90 Å². The first-order valence-electron chi connectivity index (χ1n) is 12.0. The molecular weight excluding hydrogens is 444 g/mol. The first kappa shape index (κ1) is 24.7. The summed E-state index contributed by atoms with van der Waals surface area (Å²) < 4.78 is 11.4. The number of nitrogens with two attached hydrogens (primary N) is 1. The summed E-state index contributed by atoms with van der Waals surface area (Å²) in [4.78, 5) is 32.2. The van der Waals surface area contributed by atoms with E-state index in [9.17, 15) is 9.59 Å². The van der Waals surface area contributed by atoms with Gasteiger partial charge in [-0.1, -0.05) is 37.3 Å². The number of fused-ring (bicyclic) bond motifs is 1. The monoisotopic (exact) mass is 478 g/mol. The van der Waals surface area contributed by atoms with E-state index in [2.05, 4.69) is 10.3 Å². The number of hydrogen-bond donors (Lipinski definition) is 2. The molecule has 0 fully saturated rings. The molecule has 4 rings (SSSR count). The Kier molecular flexibility index (Phi) is 6.85. The molecule has 2 aliphatic rings. The third kappa shape index (κ3) is 5.32. The van der Waals surface area contributed by atoms with E-state index in [0.717, 1.165) is 16.9 Å². The molecule has 0 aliphatic carbocycles. The number of benzene rings is 2. The van der Waals surface area contributed by atoms with Crippen molar-refractivity contribution in [1.82, 2.24) is 10.2 Å². The Balaban J connectivity index is 1.51. The normalized spacial score (nSPS) is 23.2. The van der Waals surface area contributed by atoms with Gasteiger partial charge in [0.2, 0.25) is 5.91 Å². The van der Waals surface area contributed by atoms with Crippen molar-refractivity contribution >= 4 is 17.8 Å². The lowest BCUT2D eigenvalue weighted by atomic mass is 9.89. The van der Waals surface area contributed by atoms with Crippen LogP contribution >= 0.6 is 0 Å². The number of ether oxygens (including phenoxy) is 2. The molecule has 0 aromatic heterocycles. The highest BCUT2D eigenvalue weighted by atomic mass is 16.5. The van der Waals surface area contributed by atoms with Crippen LogP contribution in [0.3, 0.4) is 0 Å². The Morgan fingerprint density at radius 1 is 1.26 bits per heavy atom. The average Bonchev–Trinajstić information content (AvgIpc) is 2.81. The molecule has 2 amide bonds. The van der Waals surface area contributed by atoms with Crippen molar-refractivity contribution in [1.29, 1.82) is 0 Å². The van der Waals surface area contributed by atoms with Crippen molar-refractivity contribution in [2.45, 2.75) is 63.8 Å². The summed E-state index contributed by atoms with van der Waals surface area (Å²) in [7, 11) is 1.59. The van der Waals surface area contributed by atoms with Gasteiger partial charge in [-0.3, -0.25) is 14.5 Å². The van der Waals surface area contributed by atoms with Crippen LogP contribution in [0.5, 0.6) is 5.75 Å². The van der Waals surface area contributed by atoms with Crippen LogP contribution in [-0.4, -0.2) is 47.5 Å². The molecule has 186 valence electrons. The van der Waals surface area contributed by atoms with E-state index >= 15 is 0 Å². The van der Waals surface area contributed by atoms with Crippen molar-refractivity contribution in [3.8, 4) is 5.75 Å². The van der Waals surface area contributed by atoms with E-state index < -0.39 is 11.1 Å². The summed E-state index contributed by atoms with van der Waals surface area (Å²) in [5, 5.41) is 3.17. The zero-order valence-electron chi connectivity index (χ0n) is 20.8. The van der Waals surface area contributed by atoms with Gasteiger partial charge in [-0.05, 0) is 44.0 Å². The third-order valence-electron chi connectivity index (χ3n) is 6.69. The van der Waals surface area contributed by atoms with E-state index in [1.807, 2.05) is 57.2 Å². The average molecular weight is 479 g/mol. The number of methoxy groups -OCH3 is 1. The molecule has 8 nitrogen and oxygen atoms in total. The molecular formula is C27H34N4O4. The third-order valence-corrected chi connectivity index (χ3v) is 6.69. The Hall–Kier alpha value is -3.39. The smallest absolute Gasteiger partial charge is 0.251 e. The standard InChI is InChI=1S/C27H34N4O4/c1-5-27(17-34-4)15-23(32)31(25(28)30-27)16-18-9-8-10-19(13-18)24(33)29-21-14-26(2,3)35-22-12-7-6-11-20(21)22/h6-13,21H,5,14-17H2,1-4H3,(H2,28,30)(H,29,33)/t21-,27?/m0/s1. The zero-order chi connectivity index (χ0) is 25.2. The fourth-order valence-corrected chi connectivity index (χ4v) is 4.84. The second-order valence-corrected chi connectivity index (χ2v) is 9.97. The minimum Gasteiger partial charge on any atom is -0.487 e. The molecule has 2 aliphatic heterocycles. The van der Waals surface area contributed by atoms with Crippen LogP contribution in [0.1, 0.15) is 67.6 Å². The predicted molar refractivity (Wildman–Crippen MR) is 134 cm³/mol. The number of nitrogens with one attached hydrogen (secondary N) is 1. The lowest BCUT2D eigenvalue weighted by Crippen LogP contribution is -2.52. The Labute approximate surface area is 206 Å². The first-order valence-corrected chi connectivity index (χ1v) is 12.0. The quantitative estimate of drug-likeness (QED) is 0.633. The van der Waals surface area contributed by atoms with Gasteiger partial charge in [-0.2, -0.15) is 0 Å². The van der Waals surface area contributed by atoms with Crippen molar-refractivity contribution in [2.75, 3.05) is 13.7 Å². The molecule has 2 heterocycles. The number of carbonyl (C=O) groups excluding carboxylic acids is 2. The minimum absolute atomic E-state index is 0.104. The summed E-state index contributed by atoms with van der Waals surface area (Å²) in [5.74, 6) is 0.683. The molecule has 2 aromatic carbocycles. The van der Waals surface area contributed by atoms with Crippen LogP contribution in [-0.2, 0) is 16.1 Å². The molecule has 0 saturated heterocycles. The van der Waals surface area contributed by atoms with E-state index in [4.69, 9.17) is 15.2 Å². The van der Waals surface area contributed by atoms with Crippen LogP contribution < -0.4 is 15.8 Å². The van der Waals surface area contributed by atoms with Gasteiger partial charge in [-0.25, -0.2) is 4.99 Å². The van der Waals surface area contributed by atoms with Crippen LogP contribution in [0, 0.1) is 0 Å². The first-order chi connectivity index (χ1) is 16.6. The molecule has 0 radical (unpaired) electrons. The van der Waals surface area contributed by atoms with E-state index in [1.54, 1.807) is 19.2 Å². The van der Waals surface area contributed by atoms with Crippen molar-refractivity contribution < 1.29 is 19.1 Å². The van der Waals surface area contributed by atoms with Crippen molar-refractivity contribution in [3.05, 3.63) is 65.2 Å². The second-order valence-electron chi connectivity index (χ2n) is 9.97.